The number of sulfonamides is 2. The van der Waals surface area contributed by atoms with Crippen LogP contribution in [0.15, 0.2) is 20.7 Å². The Hall–Kier alpha value is -1.10. The second-order valence-electron chi connectivity index (χ2n) is 4.09. The van der Waals surface area contributed by atoms with Gasteiger partial charge in [-0.15, -0.1) is 11.3 Å². The molecule has 0 bridgehead atoms. The summed E-state index contributed by atoms with van der Waals surface area (Å²) in [6.07, 6.45) is 1.47. The number of nitrogens with two attached hydrogens (primary N) is 1. The number of hydrogen-bond donors (Lipinski definition) is 2. The number of thiophene rings is 1. The van der Waals surface area contributed by atoms with Crippen LogP contribution in [0, 0.1) is 0 Å². The Bertz CT molecular complexity index is 762. The molecule has 1 aromatic heterocycles. The zero-order valence-electron chi connectivity index (χ0n) is 11.0. The predicted molar refractivity (Wildman–Crippen MR) is 76.9 cm³/mol. The first-order valence-corrected chi connectivity index (χ1v) is 9.66. The molecule has 0 radical (unpaired) electrons. The molecule has 7 nitrogen and oxygen atoms in total. The highest BCUT2D eigenvalue weighted by Crippen LogP contribution is 2.38. The van der Waals surface area contributed by atoms with E-state index >= 15 is 0 Å². The average molecular weight is 337 g/mol. The van der Waals surface area contributed by atoms with Crippen LogP contribution < -0.4 is 10.5 Å². The summed E-state index contributed by atoms with van der Waals surface area (Å²) in [5.41, 5.74) is 0.927. The molecule has 0 aliphatic carbocycles. The Morgan fingerprint density at radius 3 is 2.55 bits per heavy atom. The molecule has 0 saturated heterocycles. The third-order valence-electron chi connectivity index (χ3n) is 2.74. The minimum atomic E-state index is -3.93. The van der Waals surface area contributed by atoms with Gasteiger partial charge < -0.3 is 5.32 Å². The molecule has 1 aromatic rings. The molecule has 1 aliphatic rings. The van der Waals surface area contributed by atoms with Crippen LogP contribution in [-0.4, -0.2) is 34.2 Å². The number of rotatable bonds is 4. The summed E-state index contributed by atoms with van der Waals surface area (Å²) in [6, 6.07) is 1.30. The van der Waals surface area contributed by atoms with E-state index in [0.29, 0.717) is 29.1 Å². The van der Waals surface area contributed by atoms with E-state index in [-0.39, 0.29) is 15.0 Å². The Morgan fingerprint density at radius 1 is 1.40 bits per heavy atom. The molecule has 10 heteroatoms. The van der Waals surface area contributed by atoms with Crippen LogP contribution in [-0.2, 0) is 20.0 Å². The van der Waals surface area contributed by atoms with Crippen molar-refractivity contribution in [3.63, 3.8) is 0 Å². The number of fused-ring (bicyclic) bond motifs is 1. The molecule has 2 rings (SSSR count). The normalized spacial score (nSPS) is 17.6. The SMILES string of the molecule is CCNC1=CN(CC)S(=O)(=O)c2sc(S(N)(=O)=O)cc21. The first kappa shape index (κ1) is 15.3. The smallest absolute Gasteiger partial charge is 0.274 e. The lowest BCUT2D eigenvalue weighted by Gasteiger charge is -2.25. The Balaban J connectivity index is 2.71. The molecule has 2 heterocycles. The molecule has 0 amide bonds. The summed E-state index contributed by atoms with van der Waals surface area (Å²) in [6.45, 7) is 4.42. The molecule has 0 fully saturated rings. The van der Waals surface area contributed by atoms with Crippen LogP contribution >= 0.6 is 11.3 Å². The molecule has 0 unspecified atom stereocenters. The van der Waals surface area contributed by atoms with Gasteiger partial charge in [-0.05, 0) is 19.9 Å². The number of primary sulfonamides is 1. The maximum absolute atomic E-state index is 12.4. The fourth-order valence-electron chi connectivity index (χ4n) is 1.85. The Morgan fingerprint density at radius 2 is 2.05 bits per heavy atom. The molecule has 0 aromatic carbocycles. The minimum absolute atomic E-state index is 0.00169. The fraction of sp³-hybridized carbons (Fsp3) is 0.400. The van der Waals surface area contributed by atoms with Gasteiger partial charge in [0.1, 0.15) is 4.21 Å². The van der Waals surface area contributed by atoms with Crippen molar-refractivity contribution in [1.29, 1.82) is 0 Å². The van der Waals surface area contributed by atoms with Crippen molar-refractivity contribution in [2.24, 2.45) is 5.14 Å². The zero-order valence-corrected chi connectivity index (χ0v) is 13.4. The van der Waals surface area contributed by atoms with Crippen LogP contribution in [0.3, 0.4) is 0 Å². The number of nitrogens with one attached hydrogen (secondary N) is 1. The van der Waals surface area contributed by atoms with Gasteiger partial charge >= 0.3 is 0 Å². The highest BCUT2D eigenvalue weighted by Gasteiger charge is 2.34. The molecule has 0 atom stereocenters. The molecule has 1 aliphatic heterocycles. The summed E-state index contributed by atoms with van der Waals surface area (Å²) < 4.78 is 48.6. The van der Waals surface area contributed by atoms with E-state index in [1.807, 2.05) is 6.92 Å². The standard InChI is InChI=1S/C10H15N3O4S3/c1-3-12-8-6-13(4-2)20(16,17)10-7(8)5-9(18-10)19(11,14)15/h5-6,12H,3-4H2,1-2H3,(H2,11,14,15). The van der Waals surface area contributed by atoms with Crippen molar-refractivity contribution in [2.75, 3.05) is 13.1 Å². The molecule has 112 valence electrons. The lowest BCUT2D eigenvalue weighted by Crippen LogP contribution is -2.31. The van der Waals surface area contributed by atoms with E-state index in [1.54, 1.807) is 6.92 Å². The van der Waals surface area contributed by atoms with Gasteiger partial charge in [-0.25, -0.2) is 22.0 Å². The minimum Gasteiger partial charge on any atom is -0.384 e. The average Bonchev–Trinajstić information content (AvgIpc) is 2.78. The van der Waals surface area contributed by atoms with E-state index in [1.165, 1.54) is 16.6 Å². The lowest BCUT2D eigenvalue weighted by molar-refractivity contribution is 0.510. The highest BCUT2D eigenvalue weighted by atomic mass is 32.3. The molecule has 20 heavy (non-hydrogen) atoms. The molecule has 3 N–H and O–H groups in total. The monoisotopic (exact) mass is 337 g/mol. The largest absolute Gasteiger partial charge is 0.384 e. The van der Waals surface area contributed by atoms with Gasteiger partial charge in [0.15, 0.2) is 4.21 Å². The zero-order chi connectivity index (χ0) is 15.1. The van der Waals surface area contributed by atoms with Crippen molar-refractivity contribution in [2.45, 2.75) is 22.3 Å². The van der Waals surface area contributed by atoms with E-state index in [0.717, 1.165) is 0 Å². The van der Waals surface area contributed by atoms with Gasteiger partial charge in [0.2, 0.25) is 10.0 Å². The number of nitrogens with zero attached hydrogens (tertiary/aromatic N) is 1. The quantitative estimate of drug-likeness (QED) is 0.822. The Labute approximate surface area is 122 Å². The molecular weight excluding hydrogens is 322 g/mol. The highest BCUT2D eigenvalue weighted by molar-refractivity contribution is 7.94. The second kappa shape index (κ2) is 5.02. The van der Waals surface area contributed by atoms with Crippen molar-refractivity contribution in [3.05, 3.63) is 17.8 Å². The topological polar surface area (TPSA) is 110 Å². The van der Waals surface area contributed by atoms with Gasteiger partial charge in [0.25, 0.3) is 10.0 Å². The summed E-state index contributed by atoms with van der Waals surface area (Å²) >= 11 is 0.675. The Kier molecular flexibility index (Phi) is 3.84. The van der Waals surface area contributed by atoms with E-state index in [2.05, 4.69) is 5.32 Å². The summed E-state index contributed by atoms with van der Waals surface area (Å²) in [5.74, 6) is 0. The summed E-state index contributed by atoms with van der Waals surface area (Å²) in [5, 5.41) is 8.11. The van der Waals surface area contributed by atoms with E-state index in [9.17, 15) is 16.8 Å². The molecule has 0 saturated carbocycles. The summed E-state index contributed by atoms with van der Waals surface area (Å²) in [4.78, 5) is 0. The third-order valence-corrected chi connectivity index (χ3v) is 7.64. The van der Waals surface area contributed by atoms with Gasteiger partial charge in [-0.1, -0.05) is 0 Å². The summed E-state index contributed by atoms with van der Waals surface area (Å²) in [7, 11) is -7.64. The van der Waals surface area contributed by atoms with Crippen LogP contribution in [0.25, 0.3) is 5.70 Å². The molecular formula is C10H15N3O4S3. The maximum atomic E-state index is 12.4. The first-order valence-electron chi connectivity index (χ1n) is 5.86. The predicted octanol–water partition coefficient (Wildman–Crippen LogP) is 0.328. The van der Waals surface area contributed by atoms with Crippen LogP contribution in [0.4, 0.5) is 0 Å². The van der Waals surface area contributed by atoms with Crippen molar-refractivity contribution in [1.82, 2.24) is 9.62 Å². The van der Waals surface area contributed by atoms with Gasteiger partial charge in [0, 0.05) is 24.9 Å². The van der Waals surface area contributed by atoms with Crippen LogP contribution in [0.1, 0.15) is 19.4 Å². The fourth-order valence-corrected chi connectivity index (χ4v) is 5.87. The van der Waals surface area contributed by atoms with Gasteiger partial charge in [0.05, 0.1) is 5.70 Å². The first-order chi connectivity index (χ1) is 9.21. The van der Waals surface area contributed by atoms with Crippen molar-refractivity contribution >= 4 is 37.1 Å². The van der Waals surface area contributed by atoms with E-state index < -0.39 is 20.0 Å². The second-order valence-corrected chi connectivity index (χ2v) is 9.02. The van der Waals surface area contributed by atoms with Gasteiger partial charge in [-0.2, -0.15) is 0 Å². The van der Waals surface area contributed by atoms with Crippen molar-refractivity contribution in [3.8, 4) is 0 Å². The van der Waals surface area contributed by atoms with E-state index in [4.69, 9.17) is 5.14 Å². The van der Waals surface area contributed by atoms with Crippen molar-refractivity contribution < 1.29 is 16.8 Å². The lowest BCUT2D eigenvalue weighted by atomic mass is 10.2. The van der Waals surface area contributed by atoms with Gasteiger partial charge in [-0.3, -0.25) is 4.31 Å². The molecule has 0 spiro atoms. The van der Waals surface area contributed by atoms with Crippen LogP contribution in [0.2, 0.25) is 0 Å². The third kappa shape index (κ3) is 2.43. The van der Waals surface area contributed by atoms with Crippen LogP contribution in [0.5, 0.6) is 0 Å². The maximum Gasteiger partial charge on any atom is 0.274 e. The number of hydrogen-bond acceptors (Lipinski definition) is 6.